The van der Waals surface area contributed by atoms with Crippen LogP contribution in [0.5, 0.6) is 0 Å². The lowest BCUT2D eigenvalue weighted by molar-refractivity contribution is -0.127. The third-order valence-corrected chi connectivity index (χ3v) is 3.63. The zero-order valence-corrected chi connectivity index (χ0v) is 12.0. The Morgan fingerprint density at radius 3 is 3.00 bits per heavy atom. The molecule has 1 heterocycles. The van der Waals surface area contributed by atoms with Gasteiger partial charge in [-0.1, -0.05) is 22.9 Å². The average Bonchev–Trinajstić information content (AvgIpc) is 2.40. The Kier molecular flexibility index (Phi) is 4.19. The lowest BCUT2D eigenvalue weighted by Gasteiger charge is -2.34. The maximum Gasteiger partial charge on any atom is 0.257 e. The van der Waals surface area contributed by atoms with Crippen LogP contribution in [0.4, 0.5) is 4.39 Å². The third-order valence-electron chi connectivity index (χ3n) is 3.14. The van der Waals surface area contributed by atoms with Gasteiger partial charge in [-0.05, 0) is 24.6 Å². The van der Waals surface area contributed by atoms with Crippen LogP contribution in [0.2, 0.25) is 0 Å². The maximum absolute atomic E-state index is 13.7. The minimum atomic E-state index is -0.575. The summed E-state index contributed by atoms with van der Waals surface area (Å²) in [6.45, 7) is 2.62. The van der Waals surface area contributed by atoms with Crippen molar-refractivity contribution in [2.45, 2.75) is 19.4 Å². The Bertz CT molecular complexity index is 521. The van der Waals surface area contributed by atoms with Gasteiger partial charge in [0.25, 0.3) is 5.91 Å². The van der Waals surface area contributed by atoms with Crippen LogP contribution in [0.1, 0.15) is 23.7 Å². The molecule has 1 unspecified atom stereocenters. The van der Waals surface area contributed by atoms with Crippen molar-refractivity contribution in [2.75, 3.05) is 13.1 Å². The van der Waals surface area contributed by atoms with Crippen LogP contribution >= 0.6 is 15.9 Å². The molecule has 2 rings (SSSR count). The number of nitrogens with one attached hydrogen (secondary N) is 1. The first kappa shape index (κ1) is 14.0. The highest BCUT2D eigenvalue weighted by molar-refractivity contribution is 9.10. The van der Waals surface area contributed by atoms with E-state index >= 15 is 0 Å². The van der Waals surface area contributed by atoms with Crippen molar-refractivity contribution >= 4 is 27.7 Å². The van der Waals surface area contributed by atoms with Crippen molar-refractivity contribution in [2.24, 2.45) is 0 Å². The predicted octanol–water partition coefficient (Wildman–Crippen LogP) is 1.94. The topological polar surface area (TPSA) is 49.4 Å². The molecule has 1 atom stereocenters. The monoisotopic (exact) mass is 328 g/mol. The quantitative estimate of drug-likeness (QED) is 0.901. The molecule has 1 saturated heterocycles. The lowest BCUT2D eigenvalue weighted by atomic mass is 10.1. The molecule has 1 fully saturated rings. The fourth-order valence-corrected chi connectivity index (χ4v) is 2.54. The Balaban J connectivity index is 2.32. The molecule has 19 heavy (non-hydrogen) atoms. The lowest BCUT2D eigenvalue weighted by Crippen LogP contribution is -2.57. The van der Waals surface area contributed by atoms with Crippen molar-refractivity contribution in [3.05, 3.63) is 34.1 Å². The summed E-state index contributed by atoms with van der Waals surface area (Å²) < 4.78 is 14.4. The second-order valence-electron chi connectivity index (χ2n) is 4.34. The Morgan fingerprint density at radius 2 is 2.32 bits per heavy atom. The fraction of sp³-hybridized carbons (Fsp3) is 0.385. The van der Waals surface area contributed by atoms with E-state index in [1.165, 1.54) is 23.1 Å². The van der Waals surface area contributed by atoms with Gasteiger partial charge >= 0.3 is 0 Å². The van der Waals surface area contributed by atoms with E-state index in [1.54, 1.807) is 0 Å². The first-order valence-electron chi connectivity index (χ1n) is 6.08. The van der Waals surface area contributed by atoms with Crippen molar-refractivity contribution in [3.63, 3.8) is 0 Å². The van der Waals surface area contributed by atoms with Gasteiger partial charge in [-0.2, -0.15) is 0 Å². The number of halogens is 2. The Morgan fingerprint density at radius 1 is 1.58 bits per heavy atom. The molecular weight excluding hydrogens is 315 g/mol. The number of hydrogen-bond donors (Lipinski definition) is 1. The van der Waals surface area contributed by atoms with Gasteiger partial charge in [-0.25, -0.2) is 4.39 Å². The second kappa shape index (κ2) is 5.69. The number of rotatable bonds is 2. The summed E-state index contributed by atoms with van der Waals surface area (Å²) in [5.41, 5.74) is -0.0116. The van der Waals surface area contributed by atoms with Crippen molar-refractivity contribution in [3.8, 4) is 0 Å². The predicted molar refractivity (Wildman–Crippen MR) is 72.2 cm³/mol. The number of piperazine rings is 1. The number of carbonyl (C=O) groups excluding carboxylic acids is 2. The van der Waals surface area contributed by atoms with Crippen LogP contribution in [-0.2, 0) is 4.79 Å². The van der Waals surface area contributed by atoms with Gasteiger partial charge in [0.1, 0.15) is 11.9 Å². The zero-order valence-electron chi connectivity index (χ0n) is 10.5. The molecule has 0 saturated carbocycles. The molecule has 2 amide bonds. The van der Waals surface area contributed by atoms with E-state index in [1.807, 2.05) is 6.92 Å². The SMILES string of the molecule is CCC1C(=O)NCCN1C(=O)c1cc(Br)ccc1F. The van der Waals surface area contributed by atoms with Crippen molar-refractivity contribution < 1.29 is 14.0 Å². The van der Waals surface area contributed by atoms with Crippen molar-refractivity contribution in [1.82, 2.24) is 10.2 Å². The Hall–Kier alpha value is -1.43. The third kappa shape index (κ3) is 2.78. The first-order chi connectivity index (χ1) is 9.04. The summed E-state index contributed by atoms with van der Waals surface area (Å²) >= 11 is 3.22. The van der Waals surface area contributed by atoms with Crippen LogP contribution < -0.4 is 5.32 Å². The van der Waals surface area contributed by atoms with Gasteiger partial charge < -0.3 is 10.2 Å². The summed E-state index contributed by atoms with van der Waals surface area (Å²) in [5.74, 6) is -1.20. The number of nitrogens with zero attached hydrogens (tertiary/aromatic N) is 1. The van der Waals surface area contributed by atoms with E-state index in [4.69, 9.17) is 0 Å². The fourth-order valence-electron chi connectivity index (χ4n) is 2.18. The van der Waals surface area contributed by atoms with E-state index < -0.39 is 17.8 Å². The molecule has 0 spiro atoms. The van der Waals surface area contributed by atoms with Crippen LogP contribution in [0.25, 0.3) is 0 Å². The summed E-state index contributed by atoms with van der Waals surface area (Å²) in [6, 6.07) is 3.69. The van der Waals surface area contributed by atoms with E-state index in [9.17, 15) is 14.0 Å². The first-order valence-corrected chi connectivity index (χ1v) is 6.87. The maximum atomic E-state index is 13.7. The summed E-state index contributed by atoms with van der Waals surface area (Å²) in [5, 5.41) is 2.71. The van der Waals surface area contributed by atoms with Gasteiger partial charge in [-0.15, -0.1) is 0 Å². The number of carbonyl (C=O) groups is 2. The number of benzene rings is 1. The molecule has 0 aromatic heterocycles. The molecule has 1 N–H and O–H groups in total. The van der Waals surface area contributed by atoms with Crippen LogP contribution in [0.3, 0.4) is 0 Å². The van der Waals surface area contributed by atoms with E-state index in [-0.39, 0.29) is 11.5 Å². The minimum Gasteiger partial charge on any atom is -0.353 e. The van der Waals surface area contributed by atoms with Gasteiger partial charge in [0.2, 0.25) is 5.91 Å². The van der Waals surface area contributed by atoms with E-state index in [2.05, 4.69) is 21.2 Å². The molecule has 1 aliphatic heterocycles. The molecular formula is C13H14BrFN2O2. The second-order valence-corrected chi connectivity index (χ2v) is 5.25. The summed E-state index contributed by atoms with van der Waals surface area (Å²) in [7, 11) is 0. The highest BCUT2D eigenvalue weighted by atomic mass is 79.9. The van der Waals surface area contributed by atoms with Crippen LogP contribution in [0, 0.1) is 5.82 Å². The van der Waals surface area contributed by atoms with E-state index in [0.29, 0.717) is 24.0 Å². The standard InChI is InChI=1S/C13H14BrFN2O2/c1-2-11-12(18)16-5-6-17(11)13(19)9-7-8(14)3-4-10(9)15/h3-4,7,11H,2,5-6H2,1H3,(H,16,18). The molecule has 0 bridgehead atoms. The molecule has 0 radical (unpaired) electrons. The smallest absolute Gasteiger partial charge is 0.257 e. The van der Waals surface area contributed by atoms with Gasteiger partial charge in [0, 0.05) is 17.6 Å². The largest absolute Gasteiger partial charge is 0.353 e. The molecule has 1 aromatic rings. The van der Waals surface area contributed by atoms with Crippen LogP contribution in [0.15, 0.2) is 22.7 Å². The average molecular weight is 329 g/mol. The molecule has 6 heteroatoms. The molecule has 1 aromatic carbocycles. The molecule has 4 nitrogen and oxygen atoms in total. The minimum absolute atomic E-state index is 0.0116. The van der Waals surface area contributed by atoms with Gasteiger partial charge in [0.15, 0.2) is 0 Å². The van der Waals surface area contributed by atoms with Crippen LogP contribution in [-0.4, -0.2) is 35.8 Å². The molecule has 102 valence electrons. The van der Waals surface area contributed by atoms with Crippen molar-refractivity contribution in [1.29, 1.82) is 0 Å². The van der Waals surface area contributed by atoms with E-state index in [0.717, 1.165) is 0 Å². The van der Waals surface area contributed by atoms with Gasteiger partial charge in [0.05, 0.1) is 5.56 Å². The summed E-state index contributed by atoms with van der Waals surface area (Å²) in [4.78, 5) is 25.5. The normalized spacial score (nSPS) is 19.2. The molecule has 1 aliphatic rings. The highest BCUT2D eigenvalue weighted by Gasteiger charge is 2.33. The van der Waals surface area contributed by atoms with Gasteiger partial charge in [-0.3, -0.25) is 9.59 Å². The Labute approximate surface area is 119 Å². The number of hydrogen-bond acceptors (Lipinski definition) is 2. The highest BCUT2D eigenvalue weighted by Crippen LogP contribution is 2.20. The number of amides is 2. The summed E-state index contributed by atoms with van der Waals surface area (Å²) in [6.07, 6.45) is 0.507. The zero-order chi connectivity index (χ0) is 14.0. The molecule has 0 aliphatic carbocycles.